The topological polar surface area (TPSA) is 38.3 Å². The zero-order valence-electron chi connectivity index (χ0n) is 10.7. The van der Waals surface area contributed by atoms with Crippen LogP contribution in [0.1, 0.15) is 12.5 Å². The highest BCUT2D eigenvalue weighted by Gasteiger charge is 2.22. The minimum absolute atomic E-state index is 0.570. The van der Waals surface area contributed by atoms with Gasteiger partial charge >= 0.3 is 6.72 Å². The van der Waals surface area contributed by atoms with Gasteiger partial charge in [-0.2, -0.15) is 0 Å². The van der Waals surface area contributed by atoms with Crippen molar-refractivity contribution >= 4 is 51.1 Å². The Morgan fingerprint density at radius 2 is 2.21 bits per heavy atom. The van der Waals surface area contributed by atoms with Crippen LogP contribution in [0.15, 0.2) is 24.3 Å². The normalized spacial score (nSPS) is 14.7. The van der Waals surface area contributed by atoms with Crippen LogP contribution in [0, 0.1) is 0 Å². The van der Waals surface area contributed by atoms with Crippen molar-refractivity contribution in [2.24, 2.45) is 0 Å². The quantitative estimate of drug-likeness (QED) is 0.741. The lowest BCUT2D eigenvalue weighted by Gasteiger charge is -2.15. The fourth-order valence-corrected chi connectivity index (χ4v) is 6.43. The molecule has 2 aromatic rings. The summed E-state index contributed by atoms with van der Waals surface area (Å²) in [7, 11) is 1.46. The molecule has 0 radical (unpaired) electrons. The molecule has 0 saturated carbocycles. The van der Waals surface area contributed by atoms with E-state index >= 15 is 0 Å². The van der Waals surface area contributed by atoms with Crippen molar-refractivity contribution in [1.82, 2.24) is 5.09 Å². The summed E-state index contributed by atoms with van der Waals surface area (Å²) in [5.41, 5.74) is 1.03. The van der Waals surface area contributed by atoms with Crippen LogP contribution >= 0.6 is 41.0 Å². The predicted molar refractivity (Wildman–Crippen MR) is 86.4 cm³/mol. The largest absolute Gasteiger partial charge is 0.326 e. The maximum absolute atomic E-state index is 12.3. The maximum Gasteiger partial charge on any atom is 0.326 e. The van der Waals surface area contributed by atoms with Gasteiger partial charge in [0.2, 0.25) is 0 Å². The molecule has 7 heteroatoms. The molecule has 1 aromatic carbocycles. The van der Waals surface area contributed by atoms with E-state index in [4.69, 9.17) is 16.1 Å². The fraction of sp³-hybridized carbons (Fsp3) is 0.333. The molecule has 0 bridgehead atoms. The molecule has 2 rings (SSSR count). The Labute approximate surface area is 125 Å². The Balaban J connectivity index is 2.22. The Kier molecular flexibility index (Phi) is 5.35. The van der Waals surface area contributed by atoms with Crippen LogP contribution in [0.4, 0.5) is 0 Å². The van der Waals surface area contributed by atoms with Crippen molar-refractivity contribution in [1.29, 1.82) is 0 Å². The summed E-state index contributed by atoms with van der Waals surface area (Å²) in [6.07, 6.45) is 0. The van der Waals surface area contributed by atoms with E-state index in [0.717, 1.165) is 20.0 Å². The van der Waals surface area contributed by atoms with E-state index in [-0.39, 0.29) is 0 Å². The van der Waals surface area contributed by atoms with Gasteiger partial charge in [-0.15, -0.1) is 11.3 Å². The molecular weight excluding hydrogens is 321 g/mol. The first kappa shape index (κ1) is 15.4. The Hall–Kier alpha value is -0.0300. The number of hydrogen-bond donors (Lipinski definition) is 1. The second kappa shape index (κ2) is 6.61. The SMILES string of the molecule is CCN[P@](=O)(OC)SCc1c(Cl)sc2ccccc12. The van der Waals surface area contributed by atoms with Crippen LogP contribution in [0.5, 0.6) is 0 Å². The van der Waals surface area contributed by atoms with E-state index < -0.39 is 6.72 Å². The molecule has 0 unspecified atom stereocenters. The molecule has 0 spiro atoms. The van der Waals surface area contributed by atoms with Gasteiger partial charge in [-0.1, -0.05) is 36.7 Å². The summed E-state index contributed by atoms with van der Waals surface area (Å²) >= 11 is 9.10. The molecule has 1 aromatic heterocycles. The molecule has 19 heavy (non-hydrogen) atoms. The molecule has 0 aliphatic rings. The molecule has 0 saturated heterocycles. The third-order valence-corrected chi connectivity index (χ3v) is 8.26. The Bertz CT molecular complexity index is 617. The molecule has 104 valence electrons. The number of hydrogen-bond acceptors (Lipinski definition) is 4. The third-order valence-electron chi connectivity index (χ3n) is 2.62. The predicted octanol–water partition coefficient (Wildman–Crippen LogP) is 5.15. The Morgan fingerprint density at radius 1 is 1.47 bits per heavy atom. The minimum Gasteiger partial charge on any atom is -0.313 e. The standard InChI is InChI=1S/C12H15ClNO2PS2/c1-3-14-17(15,16-2)18-8-10-9-6-4-5-7-11(9)19-12(10)13/h4-7H,3,8H2,1-2H3,(H,14,15)/t17-/m0/s1. The van der Waals surface area contributed by atoms with Gasteiger partial charge in [0.25, 0.3) is 0 Å². The van der Waals surface area contributed by atoms with Gasteiger partial charge in [0.15, 0.2) is 0 Å². The van der Waals surface area contributed by atoms with Crippen molar-refractivity contribution in [3.63, 3.8) is 0 Å². The average Bonchev–Trinajstić information content (AvgIpc) is 2.72. The van der Waals surface area contributed by atoms with E-state index in [1.165, 1.54) is 18.5 Å². The number of nitrogens with one attached hydrogen (secondary N) is 1. The second-order valence-corrected chi connectivity index (χ2v) is 9.91. The molecule has 1 heterocycles. The van der Waals surface area contributed by atoms with Gasteiger partial charge in [0, 0.05) is 24.1 Å². The zero-order chi connectivity index (χ0) is 13.9. The first-order valence-corrected chi connectivity index (χ1v) is 10.2. The van der Waals surface area contributed by atoms with Gasteiger partial charge in [0.1, 0.15) is 0 Å². The number of rotatable bonds is 6. The molecule has 0 amide bonds. The van der Waals surface area contributed by atoms with Gasteiger partial charge in [0.05, 0.1) is 4.34 Å². The van der Waals surface area contributed by atoms with Gasteiger partial charge < -0.3 is 4.52 Å². The highest BCUT2D eigenvalue weighted by molar-refractivity contribution is 8.55. The molecular formula is C12H15ClNO2PS2. The minimum atomic E-state index is -2.83. The van der Waals surface area contributed by atoms with Crippen LogP contribution in [0.3, 0.4) is 0 Å². The molecule has 1 atom stereocenters. The highest BCUT2D eigenvalue weighted by Crippen LogP contribution is 2.57. The first-order valence-electron chi connectivity index (χ1n) is 5.81. The number of thiophene rings is 1. The van der Waals surface area contributed by atoms with E-state index in [9.17, 15) is 4.57 Å². The van der Waals surface area contributed by atoms with Crippen molar-refractivity contribution in [2.45, 2.75) is 12.7 Å². The van der Waals surface area contributed by atoms with Crippen molar-refractivity contribution in [3.8, 4) is 0 Å². The van der Waals surface area contributed by atoms with E-state index in [1.807, 2.05) is 31.2 Å². The van der Waals surface area contributed by atoms with Gasteiger partial charge in [-0.3, -0.25) is 4.57 Å². The van der Waals surface area contributed by atoms with Crippen LogP contribution in [0.2, 0.25) is 4.34 Å². The molecule has 0 aliphatic heterocycles. The summed E-state index contributed by atoms with van der Waals surface area (Å²) in [6.45, 7) is -0.317. The molecule has 0 aliphatic carbocycles. The number of benzene rings is 1. The van der Waals surface area contributed by atoms with E-state index in [2.05, 4.69) is 5.09 Å². The summed E-state index contributed by atoms with van der Waals surface area (Å²) in [5.74, 6) is 0.570. The lowest BCUT2D eigenvalue weighted by Crippen LogP contribution is -2.08. The van der Waals surface area contributed by atoms with Gasteiger partial charge in [-0.25, -0.2) is 5.09 Å². The van der Waals surface area contributed by atoms with Crippen molar-refractivity contribution in [3.05, 3.63) is 34.2 Å². The van der Waals surface area contributed by atoms with Crippen LogP contribution in [-0.4, -0.2) is 13.7 Å². The zero-order valence-corrected chi connectivity index (χ0v) is 14.0. The van der Waals surface area contributed by atoms with Crippen LogP contribution in [0.25, 0.3) is 10.1 Å². The Morgan fingerprint density at radius 3 is 2.89 bits per heavy atom. The smallest absolute Gasteiger partial charge is 0.313 e. The summed E-state index contributed by atoms with van der Waals surface area (Å²) in [6, 6.07) is 8.06. The number of fused-ring (bicyclic) bond motifs is 1. The van der Waals surface area contributed by atoms with Crippen LogP contribution in [-0.2, 0) is 14.8 Å². The lowest BCUT2D eigenvalue weighted by molar-refractivity contribution is 0.400. The molecule has 0 fully saturated rings. The summed E-state index contributed by atoms with van der Waals surface area (Å²) < 4.78 is 19.3. The van der Waals surface area contributed by atoms with E-state index in [1.54, 1.807) is 11.3 Å². The number of halogens is 1. The maximum atomic E-state index is 12.3. The van der Waals surface area contributed by atoms with Gasteiger partial charge in [-0.05, 0) is 28.4 Å². The molecule has 1 N–H and O–H groups in total. The summed E-state index contributed by atoms with van der Waals surface area (Å²) in [5, 5.41) is 4.02. The summed E-state index contributed by atoms with van der Waals surface area (Å²) in [4.78, 5) is 0. The average molecular weight is 336 g/mol. The third kappa shape index (κ3) is 3.54. The van der Waals surface area contributed by atoms with Crippen molar-refractivity contribution < 1.29 is 9.09 Å². The van der Waals surface area contributed by atoms with Crippen LogP contribution < -0.4 is 5.09 Å². The monoisotopic (exact) mass is 335 g/mol. The van der Waals surface area contributed by atoms with Crippen molar-refractivity contribution in [2.75, 3.05) is 13.7 Å². The molecule has 3 nitrogen and oxygen atoms in total. The second-order valence-electron chi connectivity index (χ2n) is 3.82. The lowest BCUT2D eigenvalue weighted by atomic mass is 10.2. The first-order chi connectivity index (χ1) is 9.09. The highest BCUT2D eigenvalue weighted by atomic mass is 35.5. The van der Waals surface area contributed by atoms with E-state index in [0.29, 0.717) is 12.3 Å². The fourth-order valence-electron chi connectivity index (χ4n) is 1.71.